The summed E-state index contributed by atoms with van der Waals surface area (Å²) >= 11 is 0. The number of anilines is 2. The fourth-order valence-electron chi connectivity index (χ4n) is 3.96. The molecule has 4 aromatic rings. The molecule has 3 aromatic heterocycles. The number of aryl methyl sites for hydroxylation is 1. The van der Waals surface area contributed by atoms with E-state index in [4.69, 9.17) is 9.15 Å². The number of H-pyrrole nitrogens is 1. The molecule has 0 bridgehead atoms. The van der Waals surface area contributed by atoms with Crippen LogP contribution in [0.2, 0.25) is 0 Å². The average molecular weight is 474 g/mol. The van der Waals surface area contributed by atoms with Gasteiger partial charge in [-0.1, -0.05) is 0 Å². The molecule has 1 aliphatic heterocycles. The molecule has 2 N–H and O–H groups in total. The van der Waals surface area contributed by atoms with Gasteiger partial charge in [-0.25, -0.2) is 4.98 Å². The molecule has 5 rings (SSSR count). The third-order valence-corrected chi connectivity index (χ3v) is 5.67. The maximum atomic E-state index is 13.2. The van der Waals surface area contributed by atoms with Crippen molar-refractivity contribution in [2.45, 2.75) is 13.3 Å². The number of aromatic amines is 1. The first-order valence-corrected chi connectivity index (χ1v) is 10.9. The van der Waals surface area contributed by atoms with Crippen LogP contribution >= 0.6 is 0 Å². The molecule has 35 heavy (non-hydrogen) atoms. The van der Waals surface area contributed by atoms with Gasteiger partial charge in [-0.05, 0) is 43.3 Å². The summed E-state index contributed by atoms with van der Waals surface area (Å²) in [5.41, 5.74) is 1.28. The molecule has 11 heteroatoms. The number of nitrogens with zero attached hydrogens (tertiary/aromatic N) is 4. The quantitative estimate of drug-likeness (QED) is 0.438. The third-order valence-electron chi connectivity index (χ3n) is 5.67. The van der Waals surface area contributed by atoms with E-state index in [-0.39, 0.29) is 42.1 Å². The number of furan rings is 1. The van der Waals surface area contributed by atoms with Crippen LogP contribution in [0.25, 0.3) is 17.4 Å². The minimum absolute atomic E-state index is 0.0660. The highest BCUT2D eigenvalue weighted by Crippen LogP contribution is 2.29. The molecule has 1 saturated heterocycles. The van der Waals surface area contributed by atoms with Crippen molar-refractivity contribution < 1.29 is 18.7 Å². The Hall–Kier alpha value is -4.67. The first-order valence-electron chi connectivity index (χ1n) is 10.9. The Bertz CT molecular complexity index is 1440. The third kappa shape index (κ3) is 4.43. The smallest absolute Gasteiger partial charge is 0.252 e. The first-order chi connectivity index (χ1) is 16.9. The molecule has 1 unspecified atom stereocenters. The lowest BCUT2D eigenvalue weighted by Crippen LogP contribution is -2.28. The molecule has 0 radical (unpaired) electrons. The lowest BCUT2D eigenvalue weighted by atomic mass is 10.1. The van der Waals surface area contributed by atoms with Gasteiger partial charge in [-0.2, -0.15) is 9.78 Å². The number of ether oxygens (including phenoxy) is 1. The molecule has 178 valence electrons. The second-order valence-electron chi connectivity index (χ2n) is 8.11. The Balaban J connectivity index is 1.41. The minimum Gasteiger partial charge on any atom is -0.497 e. The molecular weight excluding hydrogens is 452 g/mol. The number of aromatic nitrogens is 4. The van der Waals surface area contributed by atoms with E-state index in [9.17, 15) is 14.4 Å². The highest BCUT2D eigenvalue weighted by atomic mass is 16.5. The normalized spacial score (nSPS) is 15.4. The van der Waals surface area contributed by atoms with Crippen LogP contribution in [0.5, 0.6) is 5.75 Å². The molecule has 1 aliphatic rings. The van der Waals surface area contributed by atoms with Crippen molar-refractivity contribution in [1.29, 1.82) is 0 Å². The fraction of sp³-hybridized carbons (Fsp3) is 0.208. The number of nitrogens with one attached hydrogen (secondary N) is 2. The SMILES string of the molecule is COc1ccc(N2CC(C(=O)Nc3cc(-c4ccco4)nn3-c3nc(C)cc(=O)[nH]3)CC2=O)cc1. The monoisotopic (exact) mass is 474 g/mol. The summed E-state index contributed by atoms with van der Waals surface area (Å²) < 4.78 is 11.9. The van der Waals surface area contributed by atoms with Crippen LogP contribution < -0.4 is 20.5 Å². The number of amides is 2. The van der Waals surface area contributed by atoms with Gasteiger partial charge in [-0.3, -0.25) is 19.4 Å². The predicted molar refractivity (Wildman–Crippen MR) is 127 cm³/mol. The van der Waals surface area contributed by atoms with Crippen molar-refractivity contribution in [3.8, 4) is 23.2 Å². The summed E-state index contributed by atoms with van der Waals surface area (Å²) in [6.45, 7) is 1.92. The van der Waals surface area contributed by atoms with Gasteiger partial charge in [-0.15, -0.1) is 0 Å². The van der Waals surface area contributed by atoms with Crippen LogP contribution in [0, 0.1) is 12.8 Å². The van der Waals surface area contributed by atoms with E-state index in [1.165, 1.54) is 17.0 Å². The van der Waals surface area contributed by atoms with Crippen molar-refractivity contribution in [3.05, 3.63) is 70.8 Å². The fourth-order valence-corrected chi connectivity index (χ4v) is 3.96. The zero-order chi connectivity index (χ0) is 24.5. The van der Waals surface area contributed by atoms with Gasteiger partial charge in [0.05, 0.1) is 19.3 Å². The van der Waals surface area contributed by atoms with Crippen LogP contribution in [0.4, 0.5) is 11.5 Å². The second-order valence-corrected chi connectivity index (χ2v) is 8.11. The van der Waals surface area contributed by atoms with Crippen LogP contribution in [-0.4, -0.2) is 45.2 Å². The molecule has 11 nitrogen and oxygen atoms in total. The maximum Gasteiger partial charge on any atom is 0.252 e. The summed E-state index contributed by atoms with van der Waals surface area (Å²) in [5, 5.41) is 7.31. The van der Waals surface area contributed by atoms with Crippen LogP contribution in [0.1, 0.15) is 12.1 Å². The molecule has 1 fully saturated rings. The van der Waals surface area contributed by atoms with Gasteiger partial charge in [0.25, 0.3) is 5.56 Å². The van der Waals surface area contributed by atoms with E-state index < -0.39 is 5.92 Å². The Morgan fingerprint density at radius 1 is 1.20 bits per heavy atom. The minimum atomic E-state index is -0.579. The van der Waals surface area contributed by atoms with Crippen LogP contribution in [-0.2, 0) is 9.59 Å². The Labute approximate surface area is 199 Å². The Kier molecular flexibility index (Phi) is 5.65. The highest BCUT2D eigenvalue weighted by Gasteiger charge is 2.35. The summed E-state index contributed by atoms with van der Waals surface area (Å²) in [4.78, 5) is 46.4. The molecule has 1 atom stereocenters. The number of benzene rings is 1. The predicted octanol–water partition coefficient (Wildman–Crippen LogP) is 2.52. The molecule has 0 spiro atoms. The lowest BCUT2D eigenvalue weighted by molar-refractivity contribution is -0.122. The zero-order valence-electron chi connectivity index (χ0n) is 19.0. The van der Waals surface area contributed by atoms with Gasteiger partial charge in [0.15, 0.2) is 5.76 Å². The summed E-state index contributed by atoms with van der Waals surface area (Å²) in [7, 11) is 1.57. The van der Waals surface area contributed by atoms with E-state index in [0.29, 0.717) is 28.6 Å². The van der Waals surface area contributed by atoms with Crippen LogP contribution in [0.3, 0.4) is 0 Å². The summed E-state index contributed by atoms with van der Waals surface area (Å²) in [6, 6.07) is 13.5. The largest absolute Gasteiger partial charge is 0.497 e. The average Bonchev–Trinajstić information content (AvgIpc) is 3.58. The van der Waals surface area contributed by atoms with Crippen molar-refractivity contribution in [1.82, 2.24) is 19.7 Å². The molecule has 2 amide bonds. The zero-order valence-corrected chi connectivity index (χ0v) is 19.0. The molecule has 4 heterocycles. The van der Waals surface area contributed by atoms with Crippen molar-refractivity contribution in [2.24, 2.45) is 5.92 Å². The van der Waals surface area contributed by atoms with Crippen molar-refractivity contribution in [2.75, 3.05) is 23.9 Å². The standard InChI is InChI=1S/C24H22N6O5/c1-14-10-21(31)27-24(25-14)30-20(12-18(28-30)19-4-3-9-35-19)26-23(33)15-11-22(32)29(13-15)16-5-7-17(34-2)8-6-16/h3-10,12,15H,11,13H2,1-2H3,(H,26,33)(H,25,27,31). The van der Waals surface area contributed by atoms with Crippen molar-refractivity contribution >= 4 is 23.3 Å². The topological polar surface area (TPSA) is 135 Å². The molecule has 0 aliphatic carbocycles. The Morgan fingerprint density at radius 3 is 2.69 bits per heavy atom. The van der Waals surface area contributed by atoms with Crippen LogP contribution in [0.15, 0.2) is 64.0 Å². The number of carbonyl (C=O) groups is 2. The van der Waals surface area contributed by atoms with E-state index in [1.54, 1.807) is 61.4 Å². The van der Waals surface area contributed by atoms with Crippen molar-refractivity contribution in [3.63, 3.8) is 0 Å². The highest BCUT2D eigenvalue weighted by molar-refractivity contribution is 6.03. The van der Waals surface area contributed by atoms with E-state index in [0.717, 1.165) is 0 Å². The summed E-state index contributed by atoms with van der Waals surface area (Å²) in [6.07, 6.45) is 1.58. The van der Waals surface area contributed by atoms with E-state index in [2.05, 4.69) is 20.4 Å². The molecular formula is C24H22N6O5. The number of rotatable bonds is 6. The Morgan fingerprint density at radius 2 is 2.00 bits per heavy atom. The first kappa shape index (κ1) is 22.1. The van der Waals surface area contributed by atoms with E-state index in [1.807, 2.05) is 0 Å². The van der Waals surface area contributed by atoms with Gasteiger partial charge in [0.1, 0.15) is 17.3 Å². The maximum absolute atomic E-state index is 13.2. The van der Waals surface area contributed by atoms with Gasteiger partial charge in [0, 0.05) is 36.5 Å². The number of methoxy groups -OCH3 is 1. The number of hydrogen-bond acceptors (Lipinski definition) is 7. The number of hydrogen-bond donors (Lipinski definition) is 2. The van der Waals surface area contributed by atoms with E-state index >= 15 is 0 Å². The lowest BCUT2D eigenvalue weighted by Gasteiger charge is -2.17. The molecule has 0 saturated carbocycles. The summed E-state index contributed by atoms with van der Waals surface area (Å²) in [5.74, 6) is 0.510. The van der Waals surface area contributed by atoms with Gasteiger partial charge >= 0.3 is 0 Å². The number of carbonyl (C=O) groups excluding carboxylic acids is 2. The van der Waals surface area contributed by atoms with Gasteiger partial charge in [0.2, 0.25) is 17.8 Å². The molecule has 1 aromatic carbocycles. The second kappa shape index (κ2) is 8.93. The van der Waals surface area contributed by atoms with Gasteiger partial charge < -0.3 is 19.4 Å².